The average molecular weight is 322 g/mol. The molecule has 23 heavy (non-hydrogen) atoms. The van der Waals surface area contributed by atoms with Crippen LogP contribution in [-0.2, 0) is 0 Å². The van der Waals surface area contributed by atoms with Crippen molar-refractivity contribution in [2.75, 3.05) is 12.3 Å². The lowest BCUT2D eigenvalue weighted by Gasteiger charge is -2.07. The van der Waals surface area contributed by atoms with Gasteiger partial charge in [0, 0.05) is 16.0 Å². The molecule has 3 nitrogen and oxygen atoms in total. The lowest BCUT2D eigenvalue weighted by Crippen LogP contribution is -1.97. The second-order valence-corrected chi connectivity index (χ2v) is 6.35. The molecule has 0 aliphatic carbocycles. The first-order valence-electron chi connectivity index (χ1n) is 7.35. The van der Waals surface area contributed by atoms with E-state index in [0.717, 1.165) is 21.8 Å². The fourth-order valence-electron chi connectivity index (χ4n) is 2.35. The molecular weight excluding hydrogens is 304 g/mol. The van der Waals surface area contributed by atoms with Gasteiger partial charge in [-0.3, -0.25) is 0 Å². The van der Waals surface area contributed by atoms with Crippen LogP contribution in [0.5, 0.6) is 5.75 Å². The smallest absolute Gasteiger partial charge is 0.142 e. The van der Waals surface area contributed by atoms with Gasteiger partial charge in [0.15, 0.2) is 0 Å². The molecule has 1 heterocycles. The Morgan fingerprint density at radius 2 is 1.96 bits per heavy atom. The van der Waals surface area contributed by atoms with Crippen LogP contribution in [-0.4, -0.2) is 11.6 Å². The maximum Gasteiger partial charge on any atom is 0.142 e. The van der Waals surface area contributed by atoms with E-state index in [4.69, 9.17) is 15.5 Å². The number of aromatic nitrogens is 1. The molecule has 2 N–H and O–H groups in total. The zero-order valence-corrected chi connectivity index (χ0v) is 13.8. The molecule has 2 aromatic carbocycles. The van der Waals surface area contributed by atoms with E-state index in [0.29, 0.717) is 18.0 Å². The van der Waals surface area contributed by atoms with Crippen LogP contribution in [0.2, 0.25) is 0 Å². The highest BCUT2D eigenvalue weighted by atomic mass is 32.1. The van der Waals surface area contributed by atoms with Crippen LogP contribution in [0.3, 0.4) is 0 Å². The van der Waals surface area contributed by atoms with Crippen LogP contribution in [0.25, 0.3) is 21.8 Å². The number of benzene rings is 2. The highest BCUT2D eigenvalue weighted by Gasteiger charge is 2.12. The molecule has 0 amide bonds. The maximum absolute atomic E-state index is 6.07. The lowest BCUT2D eigenvalue weighted by molar-refractivity contribution is 0.365. The van der Waals surface area contributed by atoms with Crippen molar-refractivity contribution in [1.29, 1.82) is 0 Å². The molecule has 0 spiro atoms. The van der Waals surface area contributed by atoms with E-state index in [9.17, 15) is 0 Å². The van der Waals surface area contributed by atoms with Crippen molar-refractivity contribution in [2.24, 2.45) is 0 Å². The van der Waals surface area contributed by atoms with Gasteiger partial charge in [-0.2, -0.15) is 0 Å². The van der Waals surface area contributed by atoms with Crippen molar-refractivity contribution in [3.63, 3.8) is 0 Å². The Morgan fingerprint density at radius 1 is 1.17 bits per heavy atom. The first kappa shape index (κ1) is 15.3. The molecule has 0 fully saturated rings. The summed E-state index contributed by atoms with van der Waals surface area (Å²) in [5.41, 5.74) is 9.84. The number of aryl methyl sites for hydroxylation is 1. The molecular formula is C19H18N2OS. The highest BCUT2D eigenvalue weighted by Crippen LogP contribution is 2.35. The number of anilines is 1. The van der Waals surface area contributed by atoms with Crippen molar-refractivity contribution >= 4 is 17.0 Å². The Morgan fingerprint density at radius 3 is 2.65 bits per heavy atom. The second kappa shape index (κ2) is 6.67. The number of nitrogen functional groups attached to an aromatic ring is 1. The number of ether oxygens (including phenoxy) is 1. The summed E-state index contributed by atoms with van der Waals surface area (Å²) in [6.45, 7) is 6.17. The molecule has 3 rings (SSSR count). The zero-order valence-electron chi connectivity index (χ0n) is 13.0. The first-order chi connectivity index (χ1) is 11.2. The molecule has 3 aromatic rings. The summed E-state index contributed by atoms with van der Waals surface area (Å²) in [5, 5.41) is 0.961. The third-order valence-corrected chi connectivity index (χ3v) is 4.48. The molecule has 0 atom stereocenters. The number of hydrogen-bond acceptors (Lipinski definition) is 4. The molecule has 0 radical (unpaired) electrons. The highest BCUT2D eigenvalue weighted by molar-refractivity contribution is 7.15. The van der Waals surface area contributed by atoms with E-state index in [2.05, 4.69) is 25.6 Å². The molecule has 4 heteroatoms. The number of nitrogens with zero attached hydrogens (tertiary/aromatic N) is 1. The number of hydrogen-bond donors (Lipinski definition) is 1. The third-order valence-electron chi connectivity index (χ3n) is 3.46. The topological polar surface area (TPSA) is 48.1 Å². The Bertz CT molecular complexity index is 825. The molecule has 0 bridgehead atoms. The van der Waals surface area contributed by atoms with Crippen molar-refractivity contribution in [1.82, 2.24) is 4.98 Å². The van der Waals surface area contributed by atoms with Gasteiger partial charge in [0.1, 0.15) is 17.4 Å². The van der Waals surface area contributed by atoms with Crippen molar-refractivity contribution in [3.8, 4) is 27.6 Å². The normalized spacial score (nSPS) is 10.5. The summed E-state index contributed by atoms with van der Waals surface area (Å²) < 4.78 is 5.52. The minimum atomic E-state index is 0.443. The van der Waals surface area contributed by atoms with Gasteiger partial charge < -0.3 is 10.5 Å². The Hall–Kier alpha value is -2.59. The van der Waals surface area contributed by atoms with Gasteiger partial charge in [-0.15, -0.1) is 11.3 Å². The van der Waals surface area contributed by atoms with Crippen LogP contribution in [0.4, 0.5) is 5.69 Å². The van der Waals surface area contributed by atoms with E-state index < -0.39 is 0 Å². The molecule has 0 saturated carbocycles. The van der Waals surface area contributed by atoms with Gasteiger partial charge in [-0.25, -0.2) is 4.98 Å². The quantitative estimate of drug-likeness (QED) is 0.535. The van der Waals surface area contributed by atoms with Gasteiger partial charge in [-0.1, -0.05) is 43.0 Å². The third kappa shape index (κ3) is 3.27. The van der Waals surface area contributed by atoms with E-state index in [1.54, 1.807) is 17.4 Å². The Kier molecular flexibility index (Phi) is 4.44. The number of rotatable bonds is 5. The summed E-state index contributed by atoms with van der Waals surface area (Å²) in [7, 11) is 0. The fraction of sp³-hybridized carbons (Fsp3) is 0.105. The van der Waals surface area contributed by atoms with Crippen molar-refractivity contribution in [2.45, 2.75) is 6.92 Å². The van der Waals surface area contributed by atoms with Gasteiger partial charge in [0.25, 0.3) is 0 Å². The van der Waals surface area contributed by atoms with Crippen molar-refractivity contribution in [3.05, 3.63) is 66.1 Å². The molecule has 0 aliphatic heterocycles. The van der Waals surface area contributed by atoms with Gasteiger partial charge >= 0.3 is 0 Å². The summed E-state index contributed by atoms with van der Waals surface area (Å²) >= 11 is 1.67. The molecule has 1 aromatic heterocycles. The predicted molar refractivity (Wildman–Crippen MR) is 97.8 cm³/mol. The average Bonchev–Trinajstić information content (AvgIpc) is 2.96. The van der Waals surface area contributed by atoms with Crippen molar-refractivity contribution < 1.29 is 4.74 Å². The zero-order chi connectivity index (χ0) is 16.2. The summed E-state index contributed by atoms with van der Waals surface area (Å²) in [6.07, 6.45) is 1.70. The molecule has 0 unspecified atom stereocenters. The SMILES string of the molecule is C=CCOc1ccc(-c2nc(-c3ccccc3)c(C)s2)cc1N. The summed E-state index contributed by atoms with van der Waals surface area (Å²) in [5.74, 6) is 0.671. The largest absolute Gasteiger partial charge is 0.487 e. The van der Waals surface area contributed by atoms with Crippen LogP contribution in [0.15, 0.2) is 61.2 Å². The molecule has 116 valence electrons. The van der Waals surface area contributed by atoms with E-state index in [-0.39, 0.29) is 0 Å². The van der Waals surface area contributed by atoms with Crippen LogP contribution in [0, 0.1) is 6.92 Å². The second-order valence-electron chi connectivity index (χ2n) is 5.14. The molecule has 0 aliphatic rings. The van der Waals surface area contributed by atoms with Gasteiger partial charge in [0.05, 0.1) is 11.4 Å². The van der Waals surface area contributed by atoms with E-state index >= 15 is 0 Å². The maximum atomic E-state index is 6.07. The Balaban J connectivity index is 1.94. The minimum absolute atomic E-state index is 0.443. The van der Waals surface area contributed by atoms with Gasteiger partial charge in [-0.05, 0) is 25.1 Å². The number of nitrogens with two attached hydrogens (primary N) is 1. The monoisotopic (exact) mass is 322 g/mol. The first-order valence-corrected chi connectivity index (χ1v) is 8.17. The molecule has 0 saturated heterocycles. The number of thiazole rings is 1. The predicted octanol–water partition coefficient (Wildman–Crippen LogP) is 4.93. The van der Waals surface area contributed by atoms with Crippen LogP contribution in [0.1, 0.15) is 4.88 Å². The van der Waals surface area contributed by atoms with Crippen LogP contribution >= 0.6 is 11.3 Å². The van der Waals surface area contributed by atoms with E-state index in [1.165, 1.54) is 4.88 Å². The Labute approximate surface area is 140 Å². The minimum Gasteiger partial charge on any atom is -0.487 e. The summed E-state index contributed by atoms with van der Waals surface area (Å²) in [6, 6.07) is 16.0. The fourth-order valence-corrected chi connectivity index (χ4v) is 3.28. The standard InChI is InChI=1S/C19H18N2OS/c1-3-11-22-17-10-9-15(12-16(17)20)19-21-18(13(2)23-19)14-7-5-4-6-8-14/h3-10,12H,1,11,20H2,2H3. The van der Waals surface area contributed by atoms with Crippen LogP contribution < -0.4 is 10.5 Å². The van der Waals surface area contributed by atoms with E-state index in [1.807, 2.05) is 36.4 Å². The summed E-state index contributed by atoms with van der Waals surface area (Å²) in [4.78, 5) is 5.98. The van der Waals surface area contributed by atoms with Gasteiger partial charge in [0.2, 0.25) is 0 Å². The lowest BCUT2D eigenvalue weighted by atomic mass is 10.1.